The molecule has 2 aliphatic rings. The normalized spacial score (nSPS) is 24.2. The summed E-state index contributed by atoms with van der Waals surface area (Å²) in [7, 11) is 1.32. The molecule has 1 fully saturated rings. The lowest BCUT2D eigenvalue weighted by Gasteiger charge is -2.44. The summed E-state index contributed by atoms with van der Waals surface area (Å²) in [6.45, 7) is 3.50. The average molecular weight is 400 g/mol. The first-order valence-corrected chi connectivity index (χ1v) is 8.84. The van der Waals surface area contributed by atoms with Crippen molar-refractivity contribution in [3.8, 4) is 0 Å². The second-order valence-electron chi connectivity index (χ2n) is 5.96. The summed E-state index contributed by atoms with van der Waals surface area (Å²) >= 11 is 3.49. The highest BCUT2D eigenvalue weighted by Crippen LogP contribution is 2.41. The van der Waals surface area contributed by atoms with Crippen LogP contribution in [-0.2, 0) is 23.9 Å². The van der Waals surface area contributed by atoms with Gasteiger partial charge in [0.15, 0.2) is 0 Å². The number of methoxy groups -OCH3 is 1. The van der Waals surface area contributed by atoms with Gasteiger partial charge in [-0.15, -0.1) is 0 Å². The Hall–Kier alpha value is -1.63. The van der Waals surface area contributed by atoms with E-state index in [1.54, 1.807) is 13.8 Å². The minimum absolute atomic E-state index is 0.129. The van der Waals surface area contributed by atoms with Crippen LogP contribution in [0.4, 0.5) is 0 Å². The molecule has 0 aromatic carbocycles. The number of hydrogen-bond donors (Lipinski definition) is 0. The lowest BCUT2D eigenvalue weighted by molar-refractivity contribution is -0.163. The van der Waals surface area contributed by atoms with Crippen LogP contribution in [0.5, 0.6) is 0 Å². The third-order valence-corrected chi connectivity index (χ3v) is 5.12. The molecule has 1 heterocycles. The first-order chi connectivity index (χ1) is 11.4. The molecule has 0 spiro atoms. The fraction of sp³-hybridized carbons (Fsp3) is 0.588. The van der Waals surface area contributed by atoms with E-state index in [-0.39, 0.29) is 12.5 Å². The van der Waals surface area contributed by atoms with Gasteiger partial charge in [-0.1, -0.05) is 22.0 Å². The van der Waals surface area contributed by atoms with Gasteiger partial charge < -0.3 is 14.4 Å². The predicted molar refractivity (Wildman–Crippen MR) is 90.9 cm³/mol. The van der Waals surface area contributed by atoms with Gasteiger partial charge in [-0.3, -0.25) is 9.59 Å². The van der Waals surface area contributed by atoms with E-state index in [9.17, 15) is 14.4 Å². The summed E-state index contributed by atoms with van der Waals surface area (Å²) in [5.74, 6) is -2.39. The first-order valence-electron chi connectivity index (χ1n) is 8.05. The largest absolute Gasteiger partial charge is 0.469 e. The summed E-state index contributed by atoms with van der Waals surface area (Å²) in [5, 5.41) is 0. The number of carbonyl (C=O) groups excluding carboxylic acids is 3. The Bertz CT molecular complexity index is 598. The number of ether oxygens (including phenoxy) is 2. The van der Waals surface area contributed by atoms with Crippen LogP contribution in [0.15, 0.2) is 22.3 Å². The van der Waals surface area contributed by atoms with Crippen LogP contribution in [0.1, 0.15) is 33.1 Å². The summed E-state index contributed by atoms with van der Waals surface area (Å²) in [5.41, 5.74) is 0.767. The molecule has 3 unspecified atom stereocenters. The third-order valence-electron chi connectivity index (χ3n) is 4.53. The van der Waals surface area contributed by atoms with E-state index < -0.39 is 29.8 Å². The zero-order valence-electron chi connectivity index (χ0n) is 14.1. The summed E-state index contributed by atoms with van der Waals surface area (Å²) in [4.78, 5) is 38.1. The van der Waals surface area contributed by atoms with E-state index >= 15 is 0 Å². The van der Waals surface area contributed by atoms with Gasteiger partial charge in [0.25, 0.3) is 0 Å². The summed E-state index contributed by atoms with van der Waals surface area (Å²) in [6, 6.07) is -0.415. The van der Waals surface area contributed by atoms with Crippen LogP contribution in [0.25, 0.3) is 0 Å². The molecule has 1 aliphatic heterocycles. The van der Waals surface area contributed by atoms with Gasteiger partial charge in [-0.25, -0.2) is 4.79 Å². The Morgan fingerprint density at radius 1 is 1.33 bits per heavy atom. The van der Waals surface area contributed by atoms with Gasteiger partial charge in [0.2, 0.25) is 0 Å². The molecule has 132 valence electrons. The maximum atomic E-state index is 12.7. The monoisotopic (exact) mass is 399 g/mol. The van der Waals surface area contributed by atoms with Crippen molar-refractivity contribution in [1.29, 1.82) is 0 Å². The molecule has 0 aromatic heterocycles. The Morgan fingerprint density at radius 2 is 2.04 bits per heavy atom. The van der Waals surface area contributed by atoms with Crippen LogP contribution in [0, 0.1) is 11.8 Å². The number of amides is 1. The van der Waals surface area contributed by atoms with Crippen molar-refractivity contribution in [3.63, 3.8) is 0 Å². The zero-order valence-corrected chi connectivity index (χ0v) is 15.7. The van der Waals surface area contributed by atoms with Crippen LogP contribution in [0.2, 0.25) is 0 Å². The van der Waals surface area contributed by atoms with Crippen molar-refractivity contribution in [3.05, 3.63) is 22.3 Å². The topological polar surface area (TPSA) is 72.9 Å². The molecule has 0 aromatic rings. The molecule has 1 saturated heterocycles. The second kappa shape index (κ2) is 7.96. The molecule has 2 rings (SSSR count). The Balaban J connectivity index is 2.38. The molecule has 0 N–H and O–H groups in total. The van der Waals surface area contributed by atoms with Crippen LogP contribution in [-0.4, -0.2) is 42.5 Å². The van der Waals surface area contributed by atoms with Crippen molar-refractivity contribution < 1.29 is 23.9 Å². The SMILES string of the molecule is CCOC(=O)C(=O)N1C2=CC=C(Br)CC2CCC1C(C)C(=O)OC. The number of nitrogens with zero attached hydrogens (tertiary/aromatic N) is 1. The third kappa shape index (κ3) is 3.71. The Labute approximate surface area is 150 Å². The van der Waals surface area contributed by atoms with Crippen LogP contribution in [0.3, 0.4) is 0 Å². The average Bonchev–Trinajstić information content (AvgIpc) is 2.58. The fourth-order valence-electron chi connectivity index (χ4n) is 3.31. The quantitative estimate of drug-likeness (QED) is 0.538. The number of allylic oxidation sites excluding steroid dienone is 4. The number of rotatable bonds is 3. The molecule has 24 heavy (non-hydrogen) atoms. The number of likely N-dealkylation sites (tertiary alicyclic amines) is 1. The standard InChI is InChI=1S/C17H22BrNO5/c1-4-24-17(22)15(20)19-13(10(2)16(21)23-3)7-5-11-9-12(18)6-8-14(11)19/h6,8,10-11,13H,4-5,7,9H2,1-3H3. The van der Waals surface area contributed by atoms with Crippen molar-refractivity contribution in [1.82, 2.24) is 4.90 Å². The molecule has 1 aliphatic carbocycles. The highest BCUT2D eigenvalue weighted by molar-refractivity contribution is 9.11. The molecule has 0 saturated carbocycles. The number of carbonyl (C=O) groups is 3. The first kappa shape index (κ1) is 18.7. The number of hydrogen-bond acceptors (Lipinski definition) is 5. The minimum Gasteiger partial charge on any atom is -0.469 e. The van der Waals surface area contributed by atoms with Gasteiger partial charge in [-0.05, 0) is 43.7 Å². The van der Waals surface area contributed by atoms with E-state index in [0.29, 0.717) is 6.42 Å². The highest BCUT2D eigenvalue weighted by Gasteiger charge is 2.43. The van der Waals surface area contributed by atoms with Gasteiger partial charge in [0, 0.05) is 11.6 Å². The number of piperidine rings is 1. The summed E-state index contributed by atoms with van der Waals surface area (Å²) in [6.07, 6.45) is 5.96. The Morgan fingerprint density at radius 3 is 2.67 bits per heavy atom. The maximum Gasteiger partial charge on any atom is 0.397 e. The molecule has 3 atom stereocenters. The number of esters is 2. The molecule has 6 nitrogen and oxygen atoms in total. The van der Waals surface area contributed by atoms with Gasteiger partial charge in [0.05, 0.1) is 25.7 Å². The van der Waals surface area contributed by atoms with E-state index in [0.717, 1.165) is 23.0 Å². The molecule has 1 amide bonds. The zero-order chi connectivity index (χ0) is 17.9. The molecule has 7 heteroatoms. The lowest BCUT2D eigenvalue weighted by atomic mass is 9.81. The maximum absolute atomic E-state index is 12.7. The van der Waals surface area contributed by atoms with Gasteiger partial charge in [0.1, 0.15) is 0 Å². The fourth-order valence-corrected chi connectivity index (χ4v) is 3.84. The minimum atomic E-state index is -0.894. The van der Waals surface area contributed by atoms with Gasteiger partial charge in [-0.2, -0.15) is 0 Å². The second-order valence-corrected chi connectivity index (χ2v) is 6.98. The van der Waals surface area contributed by atoms with Crippen molar-refractivity contribution in [2.75, 3.05) is 13.7 Å². The molecular formula is C17H22BrNO5. The predicted octanol–water partition coefficient (Wildman–Crippen LogP) is 2.53. The lowest BCUT2D eigenvalue weighted by Crippen LogP contribution is -2.52. The van der Waals surface area contributed by atoms with Crippen LogP contribution >= 0.6 is 15.9 Å². The number of fused-ring (bicyclic) bond motifs is 1. The highest BCUT2D eigenvalue weighted by atomic mass is 79.9. The van der Waals surface area contributed by atoms with Crippen LogP contribution < -0.4 is 0 Å². The van der Waals surface area contributed by atoms with Crippen molar-refractivity contribution in [2.45, 2.75) is 39.2 Å². The molecular weight excluding hydrogens is 378 g/mol. The van der Waals surface area contributed by atoms with Crippen molar-refractivity contribution >= 4 is 33.8 Å². The van der Waals surface area contributed by atoms with Crippen molar-refractivity contribution in [2.24, 2.45) is 11.8 Å². The molecule has 0 bridgehead atoms. The smallest absolute Gasteiger partial charge is 0.397 e. The van der Waals surface area contributed by atoms with E-state index in [4.69, 9.17) is 9.47 Å². The number of halogens is 1. The van der Waals surface area contributed by atoms with Gasteiger partial charge >= 0.3 is 17.8 Å². The molecule has 0 radical (unpaired) electrons. The van der Waals surface area contributed by atoms with E-state index in [1.807, 2.05) is 12.2 Å². The summed E-state index contributed by atoms with van der Waals surface area (Å²) < 4.78 is 10.8. The van der Waals surface area contributed by atoms with E-state index in [2.05, 4.69) is 15.9 Å². The van der Waals surface area contributed by atoms with E-state index in [1.165, 1.54) is 12.0 Å². The Kier molecular flexibility index (Phi) is 6.21.